The molecule has 0 spiro atoms. The fourth-order valence-corrected chi connectivity index (χ4v) is 5.74. The van der Waals surface area contributed by atoms with Crippen molar-refractivity contribution >= 4 is 20.8 Å². The van der Waals surface area contributed by atoms with Crippen LogP contribution >= 0.6 is 0 Å². The van der Waals surface area contributed by atoms with Crippen molar-refractivity contribution in [3.8, 4) is 11.5 Å². The van der Waals surface area contributed by atoms with E-state index >= 15 is 0 Å². The maximum atomic E-state index is 13.2. The summed E-state index contributed by atoms with van der Waals surface area (Å²) < 4.78 is 28.0. The number of fused-ring (bicyclic) bond motifs is 1. The quantitative estimate of drug-likeness (QED) is 0.623. The molecule has 0 atom stereocenters. The zero-order chi connectivity index (χ0) is 19.0. The molecule has 0 bridgehead atoms. The van der Waals surface area contributed by atoms with E-state index in [1.54, 1.807) is 22.5 Å². The molecule has 27 heavy (non-hydrogen) atoms. The van der Waals surface area contributed by atoms with Crippen LogP contribution in [0.5, 0.6) is 11.5 Å². The minimum atomic E-state index is -3.67. The molecule has 1 aliphatic heterocycles. The maximum absolute atomic E-state index is 13.2. The molecule has 0 unspecified atom stereocenters. The van der Waals surface area contributed by atoms with Crippen molar-refractivity contribution in [2.45, 2.75) is 24.2 Å². The van der Waals surface area contributed by atoms with Gasteiger partial charge in [-0.05, 0) is 54.7 Å². The highest BCUT2D eigenvalue weighted by Gasteiger charge is 2.32. The van der Waals surface area contributed by atoms with Crippen LogP contribution in [-0.2, 0) is 10.0 Å². The Bertz CT molecular complexity index is 1010. The first-order valence-electron chi connectivity index (χ1n) is 9.25. The van der Waals surface area contributed by atoms with Crippen LogP contribution < -0.4 is 0 Å². The van der Waals surface area contributed by atoms with E-state index in [-0.39, 0.29) is 16.4 Å². The van der Waals surface area contributed by atoms with E-state index in [4.69, 9.17) is 0 Å². The molecule has 142 valence electrons. The van der Waals surface area contributed by atoms with Gasteiger partial charge in [-0.25, -0.2) is 8.42 Å². The fourth-order valence-electron chi connectivity index (χ4n) is 4.07. The zero-order valence-corrected chi connectivity index (χ0v) is 15.8. The summed E-state index contributed by atoms with van der Waals surface area (Å²) in [4.78, 5) is 0.172. The van der Waals surface area contributed by atoms with Crippen LogP contribution in [0, 0.1) is 11.8 Å². The largest absolute Gasteiger partial charge is 0.504 e. The van der Waals surface area contributed by atoms with Crippen molar-refractivity contribution in [1.29, 1.82) is 0 Å². The summed E-state index contributed by atoms with van der Waals surface area (Å²) in [5, 5.41) is 20.5. The molecule has 5 nitrogen and oxygen atoms in total. The van der Waals surface area contributed by atoms with E-state index < -0.39 is 10.0 Å². The van der Waals surface area contributed by atoms with Crippen molar-refractivity contribution in [2.75, 3.05) is 13.1 Å². The molecule has 0 saturated carbocycles. The molecule has 2 aromatic rings. The Kier molecular flexibility index (Phi) is 4.70. The van der Waals surface area contributed by atoms with Crippen LogP contribution in [0.3, 0.4) is 0 Å². The first kappa shape index (κ1) is 18.1. The van der Waals surface area contributed by atoms with Gasteiger partial charge in [0.05, 0.1) is 4.90 Å². The van der Waals surface area contributed by atoms with Gasteiger partial charge in [0.15, 0.2) is 11.5 Å². The van der Waals surface area contributed by atoms with E-state index in [0.717, 1.165) is 19.3 Å². The van der Waals surface area contributed by atoms with E-state index in [9.17, 15) is 18.6 Å². The third-order valence-electron chi connectivity index (χ3n) is 5.59. The molecule has 0 amide bonds. The van der Waals surface area contributed by atoms with Crippen LogP contribution in [0.15, 0.2) is 59.5 Å². The lowest BCUT2D eigenvalue weighted by Crippen LogP contribution is -2.39. The van der Waals surface area contributed by atoms with Crippen LogP contribution in [-0.4, -0.2) is 36.0 Å². The predicted octanol–water partition coefficient (Wildman–Crippen LogP) is 3.78. The van der Waals surface area contributed by atoms with Gasteiger partial charge in [-0.3, -0.25) is 0 Å². The number of allylic oxidation sites excluding steroid dienone is 4. The van der Waals surface area contributed by atoms with Crippen molar-refractivity contribution in [3.63, 3.8) is 0 Å². The summed E-state index contributed by atoms with van der Waals surface area (Å²) >= 11 is 0. The topological polar surface area (TPSA) is 77.8 Å². The van der Waals surface area contributed by atoms with Crippen molar-refractivity contribution in [1.82, 2.24) is 4.31 Å². The average molecular weight is 385 g/mol. The minimum Gasteiger partial charge on any atom is -0.504 e. The summed E-state index contributed by atoms with van der Waals surface area (Å²) in [6.45, 7) is 0.983. The highest BCUT2D eigenvalue weighted by molar-refractivity contribution is 7.89. The molecule has 0 aromatic heterocycles. The van der Waals surface area contributed by atoms with Gasteiger partial charge >= 0.3 is 0 Å². The molecule has 0 radical (unpaired) electrons. The lowest BCUT2D eigenvalue weighted by Gasteiger charge is -2.34. The number of aromatic hydroxyl groups is 2. The van der Waals surface area contributed by atoms with Gasteiger partial charge in [0.2, 0.25) is 10.0 Å². The number of phenolic OH excluding ortho intramolecular Hbond substituents is 2. The Morgan fingerprint density at radius 2 is 1.63 bits per heavy atom. The molecule has 1 fully saturated rings. The van der Waals surface area contributed by atoms with Crippen molar-refractivity contribution < 1.29 is 18.6 Å². The number of hydrogen-bond donors (Lipinski definition) is 2. The smallest absolute Gasteiger partial charge is 0.243 e. The highest BCUT2D eigenvalue weighted by atomic mass is 32.2. The Hall–Kier alpha value is -2.31. The van der Waals surface area contributed by atoms with E-state index in [1.807, 2.05) is 0 Å². The molecule has 1 saturated heterocycles. The van der Waals surface area contributed by atoms with Crippen LogP contribution in [0.25, 0.3) is 10.8 Å². The molecule has 2 aromatic carbocycles. The second kappa shape index (κ2) is 7.02. The van der Waals surface area contributed by atoms with Crippen molar-refractivity contribution in [2.24, 2.45) is 11.8 Å². The molecule has 1 aliphatic carbocycles. The maximum Gasteiger partial charge on any atom is 0.243 e. The normalized spacial score (nSPS) is 19.7. The van der Waals surface area contributed by atoms with Gasteiger partial charge in [0.1, 0.15) is 0 Å². The summed E-state index contributed by atoms with van der Waals surface area (Å²) in [6.07, 6.45) is 11.4. The van der Waals surface area contributed by atoms with Gasteiger partial charge in [-0.15, -0.1) is 0 Å². The third kappa shape index (κ3) is 3.35. The van der Waals surface area contributed by atoms with Crippen LogP contribution in [0.1, 0.15) is 19.3 Å². The molecule has 2 aliphatic rings. The van der Waals surface area contributed by atoms with E-state index in [1.165, 1.54) is 12.1 Å². The van der Waals surface area contributed by atoms with E-state index in [0.29, 0.717) is 35.7 Å². The Morgan fingerprint density at radius 1 is 0.963 bits per heavy atom. The molecule has 1 heterocycles. The second-order valence-corrected chi connectivity index (χ2v) is 9.14. The van der Waals surface area contributed by atoms with Crippen LogP contribution in [0.2, 0.25) is 0 Å². The molecule has 4 rings (SSSR count). The predicted molar refractivity (Wildman–Crippen MR) is 105 cm³/mol. The summed E-state index contributed by atoms with van der Waals surface area (Å²) in [5.74, 6) is 0.296. The van der Waals surface area contributed by atoms with Gasteiger partial charge in [0.25, 0.3) is 0 Å². The van der Waals surface area contributed by atoms with Gasteiger partial charge in [0, 0.05) is 18.5 Å². The number of benzene rings is 2. The second-order valence-electron chi connectivity index (χ2n) is 7.23. The van der Waals surface area contributed by atoms with Crippen molar-refractivity contribution in [3.05, 3.63) is 54.6 Å². The SMILES string of the molecule is O=S(=O)(c1cccc2cc(O)c(O)cc12)N1CCC(C2C=CCC=C2)CC1. The number of rotatable bonds is 3. The number of phenols is 2. The van der Waals surface area contributed by atoms with Gasteiger partial charge in [-0.2, -0.15) is 4.31 Å². The molecular formula is C21H23NO4S. The molecule has 2 N–H and O–H groups in total. The lowest BCUT2D eigenvalue weighted by molar-refractivity contribution is 0.250. The first-order valence-corrected chi connectivity index (χ1v) is 10.7. The minimum absolute atomic E-state index is 0.172. The number of nitrogens with zero attached hydrogens (tertiary/aromatic N) is 1. The van der Waals surface area contributed by atoms with E-state index in [2.05, 4.69) is 24.3 Å². The lowest BCUT2D eigenvalue weighted by atomic mass is 9.83. The van der Waals surface area contributed by atoms with Gasteiger partial charge in [-0.1, -0.05) is 36.4 Å². The third-order valence-corrected chi connectivity index (χ3v) is 7.54. The Balaban J connectivity index is 1.60. The number of piperidine rings is 1. The number of sulfonamides is 1. The summed E-state index contributed by atoms with van der Waals surface area (Å²) in [7, 11) is -3.67. The number of hydrogen-bond acceptors (Lipinski definition) is 4. The standard InChI is InChI=1S/C21H23NO4S/c23-19-13-17-7-4-8-21(18(17)14-20(19)24)27(25,26)22-11-9-16(10-12-22)15-5-2-1-3-6-15/h2-8,13-16,23-24H,1,9-12H2. The van der Waals surface area contributed by atoms with Gasteiger partial charge < -0.3 is 10.2 Å². The Labute approximate surface area is 159 Å². The van der Waals surface area contributed by atoms with Crippen LogP contribution in [0.4, 0.5) is 0 Å². The fraction of sp³-hybridized carbons (Fsp3) is 0.333. The zero-order valence-electron chi connectivity index (χ0n) is 15.0. The molecular weight excluding hydrogens is 362 g/mol. The summed E-state index contributed by atoms with van der Waals surface area (Å²) in [5.41, 5.74) is 0. The highest BCUT2D eigenvalue weighted by Crippen LogP contribution is 2.36. The summed E-state index contributed by atoms with van der Waals surface area (Å²) in [6, 6.07) is 7.66. The Morgan fingerprint density at radius 3 is 2.33 bits per heavy atom. The molecule has 6 heteroatoms. The first-order chi connectivity index (χ1) is 13.0. The average Bonchev–Trinajstić information content (AvgIpc) is 2.69. The monoisotopic (exact) mass is 385 g/mol.